The van der Waals surface area contributed by atoms with Gasteiger partial charge in [-0.15, -0.1) is 0 Å². The van der Waals surface area contributed by atoms with Crippen LogP contribution in [-0.4, -0.2) is 60.8 Å². The van der Waals surface area contributed by atoms with Crippen molar-refractivity contribution in [3.63, 3.8) is 0 Å². The standard InChI is InChI=1S/C19H26N2O5S/c22-18(16-7-4-8-17(13-16)19(23)24)20-9-11-21(12-10-20)27(25,26)14-15-5-2-1-3-6-15/h1-3,5-6,16-17H,4,7-14H2,(H,23,24). The lowest BCUT2D eigenvalue weighted by molar-refractivity contribution is -0.145. The molecule has 1 saturated heterocycles. The SMILES string of the molecule is O=C(O)C1CCCC(C(=O)N2CCN(S(=O)(=O)Cc3ccccc3)CC2)C1. The van der Waals surface area contributed by atoms with E-state index in [9.17, 15) is 23.1 Å². The molecular formula is C19H26N2O5S. The largest absolute Gasteiger partial charge is 0.481 e. The molecule has 0 spiro atoms. The Morgan fingerprint density at radius 2 is 1.63 bits per heavy atom. The van der Waals surface area contributed by atoms with Gasteiger partial charge in [0.1, 0.15) is 0 Å². The van der Waals surface area contributed by atoms with Crippen LogP contribution in [0.3, 0.4) is 0 Å². The van der Waals surface area contributed by atoms with E-state index in [4.69, 9.17) is 0 Å². The predicted molar refractivity (Wildman–Crippen MR) is 100 cm³/mol. The summed E-state index contributed by atoms with van der Waals surface area (Å²) in [7, 11) is -3.41. The van der Waals surface area contributed by atoms with Gasteiger partial charge in [0.15, 0.2) is 0 Å². The van der Waals surface area contributed by atoms with Gasteiger partial charge in [0.05, 0.1) is 11.7 Å². The number of hydrogen-bond acceptors (Lipinski definition) is 4. The van der Waals surface area contributed by atoms with Crippen LogP contribution in [0.15, 0.2) is 30.3 Å². The third-order valence-corrected chi connectivity index (χ3v) is 7.36. The van der Waals surface area contributed by atoms with E-state index in [0.717, 1.165) is 18.4 Å². The van der Waals surface area contributed by atoms with Crippen LogP contribution in [-0.2, 0) is 25.4 Å². The smallest absolute Gasteiger partial charge is 0.306 e. The first kappa shape index (κ1) is 19.8. The molecule has 2 fully saturated rings. The molecule has 1 aliphatic heterocycles. The second-order valence-electron chi connectivity index (χ2n) is 7.36. The van der Waals surface area contributed by atoms with E-state index in [1.54, 1.807) is 17.0 Å². The Labute approximate surface area is 160 Å². The Morgan fingerprint density at radius 3 is 2.26 bits per heavy atom. The van der Waals surface area contributed by atoms with Gasteiger partial charge in [0.25, 0.3) is 0 Å². The van der Waals surface area contributed by atoms with Crippen molar-refractivity contribution in [2.75, 3.05) is 26.2 Å². The number of rotatable bonds is 5. The molecule has 0 bridgehead atoms. The van der Waals surface area contributed by atoms with E-state index in [-0.39, 0.29) is 30.7 Å². The molecule has 8 heteroatoms. The summed E-state index contributed by atoms with van der Waals surface area (Å²) in [6.07, 6.45) is 2.49. The molecular weight excluding hydrogens is 368 g/mol. The maximum absolute atomic E-state index is 12.7. The molecule has 1 heterocycles. The van der Waals surface area contributed by atoms with Crippen molar-refractivity contribution in [3.05, 3.63) is 35.9 Å². The fourth-order valence-electron chi connectivity index (χ4n) is 3.96. The third kappa shape index (κ3) is 4.87. The first-order chi connectivity index (χ1) is 12.9. The number of hydrogen-bond donors (Lipinski definition) is 1. The Hall–Kier alpha value is -1.93. The van der Waals surface area contributed by atoms with Gasteiger partial charge >= 0.3 is 5.97 Å². The summed E-state index contributed by atoms with van der Waals surface area (Å²) in [6, 6.07) is 9.06. The quantitative estimate of drug-likeness (QED) is 0.818. The van der Waals surface area contributed by atoms with Crippen LogP contribution in [0.25, 0.3) is 0 Å². The third-order valence-electron chi connectivity index (χ3n) is 5.51. The number of benzene rings is 1. The number of sulfonamides is 1. The summed E-state index contributed by atoms with van der Waals surface area (Å²) in [5.74, 6) is -1.59. The van der Waals surface area contributed by atoms with Crippen LogP contribution < -0.4 is 0 Å². The highest BCUT2D eigenvalue weighted by Crippen LogP contribution is 2.31. The van der Waals surface area contributed by atoms with Crippen molar-refractivity contribution in [1.82, 2.24) is 9.21 Å². The maximum atomic E-state index is 12.7. The summed E-state index contributed by atoms with van der Waals surface area (Å²) in [5, 5.41) is 9.20. The fourth-order valence-corrected chi connectivity index (χ4v) is 5.48. The van der Waals surface area contributed by atoms with E-state index in [2.05, 4.69) is 0 Å². The lowest BCUT2D eigenvalue weighted by Gasteiger charge is -2.37. The summed E-state index contributed by atoms with van der Waals surface area (Å²) in [4.78, 5) is 25.6. The molecule has 0 radical (unpaired) electrons. The Balaban J connectivity index is 1.55. The van der Waals surface area contributed by atoms with Crippen molar-refractivity contribution in [2.24, 2.45) is 11.8 Å². The molecule has 2 aliphatic rings. The number of carboxylic acids is 1. The highest BCUT2D eigenvalue weighted by molar-refractivity contribution is 7.88. The minimum absolute atomic E-state index is 0.0268. The highest BCUT2D eigenvalue weighted by Gasteiger charge is 2.35. The van der Waals surface area contributed by atoms with Gasteiger partial charge in [0.2, 0.25) is 15.9 Å². The van der Waals surface area contributed by atoms with Crippen LogP contribution in [0.5, 0.6) is 0 Å². The van der Waals surface area contributed by atoms with Crippen molar-refractivity contribution >= 4 is 21.9 Å². The van der Waals surface area contributed by atoms with E-state index in [0.29, 0.717) is 25.9 Å². The normalized spacial score (nSPS) is 24.5. The first-order valence-corrected chi connectivity index (χ1v) is 11.0. The van der Waals surface area contributed by atoms with E-state index in [1.807, 2.05) is 18.2 Å². The summed E-state index contributed by atoms with van der Waals surface area (Å²) < 4.78 is 26.7. The molecule has 7 nitrogen and oxygen atoms in total. The van der Waals surface area contributed by atoms with Crippen molar-refractivity contribution in [2.45, 2.75) is 31.4 Å². The Kier molecular flexibility index (Phi) is 6.16. The average molecular weight is 394 g/mol. The summed E-state index contributed by atoms with van der Waals surface area (Å²) in [6.45, 7) is 1.30. The van der Waals surface area contributed by atoms with Crippen molar-refractivity contribution < 1.29 is 23.1 Å². The molecule has 1 N–H and O–H groups in total. The summed E-state index contributed by atoms with van der Waals surface area (Å²) in [5.41, 5.74) is 0.748. The first-order valence-electron chi connectivity index (χ1n) is 9.40. The minimum Gasteiger partial charge on any atom is -0.481 e. The second kappa shape index (κ2) is 8.39. The van der Waals surface area contributed by atoms with Gasteiger partial charge < -0.3 is 10.0 Å². The maximum Gasteiger partial charge on any atom is 0.306 e. The van der Waals surface area contributed by atoms with Gasteiger partial charge in [-0.25, -0.2) is 8.42 Å². The predicted octanol–water partition coefficient (Wildman–Crippen LogP) is 1.55. The number of carbonyl (C=O) groups is 2. The zero-order valence-corrected chi connectivity index (χ0v) is 16.1. The molecule has 0 aromatic heterocycles. The Bertz CT molecular complexity index is 773. The van der Waals surface area contributed by atoms with Crippen LogP contribution in [0.4, 0.5) is 0 Å². The van der Waals surface area contributed by atoms with Crippen molar-refractivity contribution in [1.29, 1.82) is 0 Å². The molecule has 2 atom stereocenters. The van der Waals surface area contributed by atoms with Crippen LogP contribution in [0.1, 0.15) is 31.2 Å². The summed E-state index contributed by atoms with van der Waals surface area (Å²) >= 11 is 0. The topological polar surface area (TPSA) is 95.0 Å². The lowest BCUT2D eigenvalue weighted by atomic mass is 9.80. The fraction of sp³-hybridized carbons (Fsp3) is 0.579. The number of amides is 1. The molecule has 1 amide bonds. The van der Waals surface area contributed by atoms with E-state index >= 15 is 0 Å². The molecule has 1 aromatic carbocycles. The number of nitrogens with zero attached hydrogens (tertiary/aromatic N) is 2. The highest BCUT2D eigenvalue weighted by atomic mass is 32.2. The van der Waals surface area contributed by atoms with Crippen LogP contribution in [0, 0.1) is 11.8 Å². The van der Waals surface area contributed by atoms with Crippen LogP contribution >= 0.6 is 0 Å². The number of carboxylic acid groups (broad SMARTS) is 1. The molecule has 1 saturated carbocycles. The van der Waals surface area contributed by atoms with Gasteiger partial charge in [-0.3, -0.25) is 9.59 Å². The molecule has 2 unspecified atom stereocenters. The zero-order valence-electron chi connectivity index (χ0n) is 15.3. The van der Waals surface area contributed by atoms with Gasteiger partial charge in [-0.2, -0.15) is 4.31 Å². The molecule has 27 heavy (non-hydrogen) atoms. The zero-order chi connectivity index (χ0) is 19.4. The molecule has 1 aliphatic carbocycles. The van der Waals surface area contributed by atoms with Gasteiger partial charge in [-0.05, 0) is 24.8 Å². The van der Waals surface area contributed by atoms with E-state index in [1.165, 1.54) is 4.31 Å². The Morgan fingerprint density at radius 1 is 1.00 bits per heavy atom. The number of carbonyl (C=O) groups excluding carboxylic acids is 1. The minimum atomic E-state index is -3.41. The lowest BCUT2D eigenvalue weighted by Crippen LogP contribution is -2.52. The molecule has 1 aromatic rings. The van der Waals surface area contributed by atoms with Gasteiger partial charge in [0, 0.05) is 32.1 Å². The molecule has 3 rings (SSSR count). The number of piperazine rings is 1. The van der Waals surface area contributed by atoms with Gasteiger partial charge in [-0.1, -0.05) is 36.8 Å². The second-order valence-corrected chi connectivity index (χ2v) is 9.33. The van der Waals surface area contributed by atoms with Crippen LogP contribution in [0.2, 0.25) is 0 Å². The average Bonchev–Trinajstić information content (AvgIpc) is 2.68. The molecule has 148 valence electrons. The number of aliphatic carboxylic acids is 1. The van der Waals surface area contributed by atoms with E-state index < -0.39 is 21.9 Å². The van der Waals surface area contributed by atoms with Crippen molar-refractivity contribution in [3.8, 4) is 0 Å². The monoisotopic (exact) mass is 394 g/mol.